The van der Waals surface area contributed by atoms with Gasteiger partial charge in [0.2, 0.25) is 11.8 Å². The van der Waals surface area contributed by atoms with Crippen LogP contribution in [0.3, 0.4) is 0 Å². The number of anilines is 1. The van der Waals surface area contributed by atoms with Crippen LogP contribution in [0.2, 0.25) is 0 Å². The van der Waals surface area contributed by atoms with Crippen LogP contribution in [0, 0.1) is 5.41 Å². The first kappa shape index (κ1) is 25.9. The van der Waals surface area contributed by atoms with Gasteiger partial charge in [-0.3, -0.25) is 14.4 Å². The van der Waals surface area contributed by atoms with Crippen LogP contribution in [0.1, 0.15) is 42.6 Å². The number of hydrogen-bond acceptors (Lipinski definition) is 5. The number of benzene rings is 2. The first-order valence-corrected chi connectivity index (χ1v) is 11.1. The van der Waals surface area contributed by atoms with Crippen LogP contribution < -0.4 is 10.5 Å². The number of nitrogens with two attached hydrogens (primary N) is 1. The van der Waals surface area contributed by atoms with E-state index in [-0.39, 0.29) is 18.2 Å². The molecule has 0 aliphatic heterocycles. The molecule has 7 heteroatoms. The molecule has 2 aromatic carbocycles. The van der Waals surface area contributed by atoms with Crippen molar-refractivity contribution in [1.29, 1.82) is 0 Å². The lowest BCUT2D eigenvalue weighted by Crippen LogP contribution is -2.37. The summed E-state index contributed by atoms with van der Waals surface area (Å²) < 4.78 is 5.64. The number of ether oxygens (including phenoxy) is 1. The summed E-state index contributed by atoms with van der Waals surface area (Å²) in [5, 5.41) is 0. The summed E-state index contributed by atoms with van der Waals surface area (Å²) >= 11 is 0. The molecule has 0 aliphatic carbocycles. The molecule has 0 aromatic heterocycles. The van der Waals surface area contributed by atoms with Crippen LogP contribution in [0.5, 0.6) is 5.75 Å². The van der Waals surface area contributed by atoms with Crippen LogP contribution in [0.15, 0.2) is 48.5 Å². The molecule has 0 aliphatic rings. The van der Waals surface area contributed by atoms with Crippen molar-refractivity contribution in [3.8, 4) is 5.75 Å². The Bertz CT molecular complexity index is 924. The van der Waals surface area contributed by atoms with E-state index in [1.807, 2.05) is 38.1 Å². The third-order valence-corrected chi connectivity index (χ3v) is 5.54. The molecule has 0 spiro atoms. The van der Waals surface area contributed by atoms with Gasteiger partial charge in [0.05, 0.1) is 6.54 Å². The summed E-state index contributed by atoms with van der Waals surface area (Å²) in [6, 6.07) is 14.5. The van der Waals surface area contributed by atoms with E-state index >= 15 is 0 Å². The second kappa shape index (κ2) is 12.0. The summed E-state index contributed by atoms with van der Waals surface area (Å²) in [7, 11) is 3.53. The molecule has 2 aromatic rings. The molecule has 178 valence electrons. The number of aldehydes is 1. The number of likely N-dealkylation sites (N-methyl/N-ethyl adjacent to an activating group) is 2. The molecule has 7 nitrogen and oxygen atoms in total. The maximum atomic E-state index is 12.7. The van der Waals surface area contributed by atoms with Gasteiger partial charge in [0.25, 0.3) is 0 Å². The van der Waals surface area contributed by atoms with E-state index < -0.39 is 5.41 Å². The molecule has 2 amide bonds. The molecule has 0 saturated heterocycles. The normalized spacial score (nSPS) is 11.0. The number of rotatable bonds is 12. The minimum Gasteiger partial charge on any atom is -0.492 e. The lowest BCUT2D eigenvalue weighted by molar-refractivity contribution is -0.135. The first-order chi connectivity index (χ1) is 15.6. The fourth-order valence-corrected chi connectivity index (χ4v) is 3.32. The SMILES string of the molecule is CN(CCOc1ccc(C=O)cc1)C(=O)CC(C)(C)CC(=O)N(C)CCc1ccc(N)cc1. The highest BCUT2D eigenvalue weighted by atomic mass is 16.5. The Morgan fingerprint density at radius 1 is 0.909 bits per heavy atom. The van der Waals surface area contributed by atoms with E-state index in [2.05, 4.69) is 0 Å². The van der Waals surface area contributed by atoms with Crippen molar-refractivity contribution in [3.63, 3.8) is 0 Å². The smallest absolute Gasteiger partial charge is 0.222 e. The monoisotopic (exact) mass is 453 g/mol. The predicted molar refractivity (Wildman–Crippen MR) is 130 cm³/mol. The zero-order chi connectivity index (χ0) is 24.4. The van der Waals surface area contributed by atoms with Crippen molar-refractivity contribution in [2.24, 2.45) is 5.41 Å². The third-order valence-electron chi connectivity index (χ3n) is 5.54. The second-order valence-corrected chi connectivity index (χ2v) is 9.18. The molecule has 0 radical (unpaired) electrons. The van der Waals surface area contributed by atoms with E-state index in [1.54, 1.807) is 48.2 Å². The third kappa shape index (κ3) is 8.96. The average Bonchev–Trinajstić information content (AvgIpc) is 2.78. The largest absolute Gasteiger partial charge is 0.492 e. The van der Waals surface area contributed by atoms with Crippen LogP contribution in [-0.2, 0) is 16.0 Å². The topological polar surface area (TPSA) is 92.9 Å². The van der Waals surface area contributed by atoms with Crippen LogP contribution in [0.4, 0.5) is 5.69 Å². The highest BCUT2D eigenvalue weighted by Gasteiger charge is 2.28. The van der Waals surface area contributed by atoms with Gasteiger partial charge in [0.1, 0.15) is 18.6 Å². The molecule has 0 fully saturated rings. The molecule has 0 bridgehead atoms. The number of hydrogen-bond donors (Lipinski definition) is 1. The van der Waals surface area contributed by atoms with Crippen molar-refractivity contribution in [2.75, 3.05) is 39.5 Å². The van der Waals surface area contributed by atoms with Crippen molar-refractivity contribution in [2.45, 2.75) is 33.1 Å². The van der Waals surface area contributed by atoms with Crippen LogP contribution in [-0.4, -0.2) is 61.7 Å². The van der Waals surface area contributed by atoms with Crippen molar-refractivity contribution >= 4 is 23.8 Å². The minimum atomic E-state index is -0.455. The predicted octanol–water partition coefficient (Wildman–Crippen LogP) is 3.43. The lowest BCUT2D eigenvalue weighted by atomic mass is 9.84. The summed E-state index contributed by atoms with van der Waals surface area (Å²) in [4.78, 5) is 39.4. The maximum Gasteiger partial charge on any atom is 0.222 e. The number of amides is 2. The lowest BCUT2D eigenvalue weighted by Gasteiger charge is -2.28. The van der Waals surface area contributed by atoms with E-state index in [4.69, 9.17) is 10.5 Å². The summed E-state index contributed by atoms with van der Waals surface area (Å²) in [6.45, 7) is 5.26. The number of carbonyl (C=O) groups excluding carboxylic acids is 3. The van der Waals surface area contributed by atoms with Crippen molar-refractivity contribution in [1.82, 2.24) is 9.80 Å². The van der Waals surface area contributed by atoms with E-state index in [9.17, 15) is 14.4 Å². The minimum absolute atomic E-state index is 0.0213. The molecule has 33 heavy (non-hydrogen) atoms. The number of nitrogen functional groups attached to an aromatic ring is 1. The Morgan fingerprint density at radius 2 is 1.45 bits per heavy atom. The molecule has 0 saturated carbocycles. The molecular weight excluding hydrogens is 418 g/mol. The summed E-state index contributed by atoms with van der Waals surface area (Å²) in [6.07, 6.45) is 2.10. The Kier molecular flexibility index (Phi) is 9.45. The summed E-state index contributed by atoms with van der Waals surface area (Å²) in [5.41, 5.74) is 7.69. The average molecular weight is 454 g/mol. The van der Waals surface area contributed by atoms with Crippen molar-refractivity contribution < 1.29 is 19.1 Å². The van der Waals surface area contributed by atoms with Gasteiger partial charge in [0.15, 0.2) is 0 Å². The Labute approximate surface area is 196 Å². The van der Waals surface area contributed by atoms with Gasteiger partial charge >= 0.3 is 0 Å². The molecule has 2 rings (SSSR count). The van der Waals surface area contributed by atoms with Gasteiger partial charge in [-0.1, -0.05) is 26.0 Å². The standard InChI is InChI=1S/C26H35N3O4/c1-26(2,17-24(31)28(3)14-13-20-5-9-22(27)10-6-20)18-25(32)29(4)15-16-33-23-11-7-21(19-30)8-12-23/h5-12,19H,13-18,27H2,1-4H3. The van der Waals surface area contributed by atoms with E-state index in [0.29, 0.717) is 37.4 Å². The van der Waals surface area contributed by atoms with Gasteiger partial charge in [-0.25, -0.2) is 0 Å². The van der Waals surface area contributed by atoms with E-state index in [1.165, 1.54) is 0 Å². The molecular formula is C26H35N3O4. The highest BCUT2D eigenvalue weighted by Crippen LogP contribution is 2.27. The molecule has 2 N–H and O–H groups in total. The van der Waals surface area contributed by atoms with Crippen LogP contribution >= 0.6 is 0 Å². The quantitative estimate of drug-likeness (QED) is 0.393. The Hall–Kier alpha value is -3.35. The first-order valence-electron chi connectivity index (χ1n) is 11.1. The zero-order valence-electron chi connectivity index (χ0n) is 20.0. The van der Waals surface area contributed by atoms with Crippen molar-refractivity contribution in [3.05, 3.63) is 59.7 Å². The fourth-order valence-electron chi connectivity index (χ4n) is 3.32. The Balaban J connectivity index is 1.74. The van der Waals surface area contributed by atoms with Gasteiger partial charge in [-0.2, -0.15) is 0 Å². The Morgan fingerprint density at radius 3 is 2.00 bits per heavy atom. The molecule has 0 unspecified atom stereocenters. The van der Waals surface area contributed by atoms with Crippen LogP contribution in [0.25, 0.3) is 0 Å². The highest BCUT2D eigenvalue weighted by molar-refractivity contribution is 5.80. The number of nitrogens with zero attached hydrogens (tertiary/aromatic N) is 2. The van der Waals surface area contributed by atoms with Gasteiger partial charge < -0.3 is 20.3 Å². The maximum absolute atomic E-state index is 12.7. The second-order valence-electron chi connectivity index (χ2n) is 9.18. The van der Waals surface area contributed by atoms with Gasteiger partial charge in [0, 0.05) is 44.7 Å². The fraction of sp³-hybridized carbons (Fsp3) is 0.423. The zero-order valence-corrected chi connectivity index (χ0v) is 20.0. The number of carbonyl (C=O) groups is 3. The summed E-state index contributed by atoms with van der Waals surface area (Å²) in [5.74, 6) is 0.639. The van der Waals surface area contributed by atoms with E-state index in [0.717, 1.165) is 24.0 Å². The van der Waals surface area contributed by atoms with Gasteiger partial charge in [-0.15, -0.1) is 0 Å². The van der Waals surface area contributed by atoms with Gasteiger partial charge in [-0.05, 0) is 53.8 Å². The molecule has 0 atom stereocenters. The molecule has 0 heterocycles.